The zero-order valence-corrected chi connectivity index (χ0v) is 15.2. The zero-order chi connectivity index (χ0) is 17.9. The van der Waals surface area contributed by atoms with Gasteiger partial charge in [0.15, 0.2) is 0 Å². The fraction of sp³-hybridized carbons (Fsp3) is 0.529. The molecule has 1 aromatic carbocycles. The van der Waals surface area contributed by atoms with Crippen molar-refractivity contribution in [1.82, 2.24) is 30.0 Å². The van der Waals surface area contributed by atoms with Crippen LogP contribution in [0.1, 0.15) is 23.2 Å². The Balaban J connectivity index is 1.44. The SMILES string of the molecule is O=C(c1cc(Cl)ccc1-n1cnnn1)N1CCN(CC2CCCO2)CC1. The van der Waals surface area contributed by atoms with Crippen molar-refractivity contribution in [3.05, 3.63) is 35.1 Å². The molecule has 2 aliphatic heterocycles. The third-order valence-electron chi connectivity index (χ3n) is 4.93. The summed E-state index contributed by atoms with van der Waals surface area (Å²) in [4.78, 5) is 17.3. The number of aromatic nitrogens is 4. The average molecular weight is 377 g/mol. The highest BCUT2D eigenvalue weighted by molar-refractivity contribution is 6.31. The van der Waals surface area contributed by atoms with Gasteiger partial charge in [0.2, 0.25) is 0 Å². The van der Waals surface area contributed by atoms with E-state index < -0.39 is 0 Å². The molecule has 2 aromatic rings. The second kappa shape index (κ2) is 7.69. The second-order valence-electron chi connectivity index (χ2n) is 6.64. The number of carbonyl (C=O) groups is 1. The number of tetrazole rings is 1. The molecule has 1 amide bonds. The minimum Gasteiger partial charge on any atom is -0.377 e. The first-order valence-electron chi connectivity index (χ1n) is 8.87. The van der Waals surface area contributed by atoms with Crippen LogP contribution in [0.15, 0.2) is 24.5 Å². The number of halogens is 1. The molecule has 9 heteroatoms. The van der Waals surface area contributed by atoms with E-state index >= 15 is 0 Å². The smallest absolute Gasteiger partial charge is 0.256 e. The van der Waals surface area contributed by atoms with Crippen LogP contribution in [0.2, 0.25) is 5.02 Å². The molecule has 8 nitrogen and oxygen atoms in total. The summed E-state index contributed by atoms with van der Waals surface area (Å²) in [5.74, 6) is -0.0465. The van der Waals surface area contributed by atoms with Crippen LogP contribution in [0.3, 0.4) is 0 Å². The van der Waals surface area contributed by atoms with Gasteiger partial charge in [0.25, 0.3) is 5.91 Å². The summed E-state index contributed by atoms with van der Waals surface area (Å²) < 4.78 is 7.19. The first-order valence-corrected chi connectivity index (χ1v) is 9.24. The molecule has 138 valence electrons. The Labute approximate surface area is 156 Å². The van der Waals surface area contributed by atoms with Crippen molar-refractivity contribution in [3.63, 3.8) is 0 Å². The number of ether oxygens (including phenoxy) is 1. The van der Waals surface area contributed by atoms with Gasteiger partial charge in [0, 0.05) is 44.4 Å². The monoisotopic (exact) mass is 376 g/mol. The van der Waals surface area contributed by atoms with E-state index in [-0.39, 0.29) is 5.91 Å². The van der Waals surface area contributed by atoms with Gasteiger partial charge in [0.1, 0.15) is 6.33 Å². The first-order chi connectivity index (χ1) is 12.7. The van der Waals surface area contributed by atoms with Gasteiger partial charge >= 0.3 is 0 Å². The number of hydrogen-bond donors (Lipinski definition) is 0. The van der Waals surface area contributed by atoms with Gasteiger partial charge in [-0.25, -0.2) is 0 Å². The van der Waals surface area contributed by atoms with E-state index in [0.29, 0.717) is 35.5 Å². The lowest BCUT2D eigenvalue weighted by Gasteiger charge is -2.36. The Morgan fingerprint density at radius 1 is 1.27 bits per heavy atom. The van der Waals surface area contributed by atoms with Gasteiger partial charge in [-0.05, 0) is 41.5 Å². The van der Waals surface area contributed by atoms with Crippen molar-refractivity contribution in [2.45, 2.75) is 18.9 Å². The lowest BCUT2D eigenvalue weighted by atomic mass is 10.1. The highest BCUT2D eigenvalue weighted by atomic mass is 35.5. The molecule has 1 atom stereocenters. The Morgan fingerprint density at radius 3 is 2.81 bits per heavy atom. The summed E-state index contributed by atoms with van der Waals surface area (Å²) in [5.41, 5.74) is 1.14. The van der Waals surface area contributed by atoms with Crippen LogP contribution in [0, 0.1) is 0 Å². The Kier molecular flexibility index (Phi) is 5.14. The second-order valence-corrected chi connectivity index (χ2v) is 7.08. The summed E-state index contributed by atoms with van der Waals surface area (Å²) in [6.07, 6.45) is 4.10. The number of amides is 1. The quantitative estimate of drug-likeness (QED) is 0.799. The Morgan fingerprint density at radius 2 is 2.12 bits per heavy atom. The number of benzene rings is 1. The molecule has 0 radical (unpaired) electrons. The highest BCUT2D eigenvalue weighted by Gasteiger charge is 2.27. The molecular weight excluding hydrogens is 356 g/mol. The van der Waals surface area contributed by atoms with Gasteiger partial charge in [-0.1, -0.05) is 11.6 Å². The molecule has 2 aliphatic rings. The molecule has 0 bridgehead atoms. The zero-order valence-electron chi connectivity index (χ0n) is 14.4. The van der Waals surface area contributed by atoms with Crippen molar-refractivity contribution in [2.75, 3.05) is 39.3 Å². The average Bonchev–Trinajstić information content (AvgIpc) is 3.36. The maximum absolute atomic E-state index is 13.1. The molecule has 1 unspecified atom stereocenters. The summed E-state index contributed by atoms with van der Waals surface area (Å²) in [7, 11) is 0. The third kappa shape index (κ3) is 3.72. The molecule has 2 saturated heterocycles. The number of hydrogen-bond acceptors (Lipinski definition) is 6. The van der Waals surface area contributed by atoms with E-state index in [1.807, 2.05) is 4.90 Å². The van der Waals surface area contributed by atoms with Crippen molar-refractivity contribution in [2.24, 2.45) is 0 Å². The largest absolute Gasteiger partial charge is 0.377 e. The molecular formula is C17H21ClN6O2. The summed E-state index contributed by atoms with van der Waals surface area (Å²) in [6, 6.07) is 5.17. The third-order valence-corrected chi connectivity index (χ3v) is 5.17. The van der Waals surface area contributed by atoms with Crippen LogP contribution in [-0.4, -0.2) is 81.3 Å². The van der Waals surface area contributed by atoms with Gasteiger partial charge in [-0.15, -0.1) is 5.10 Å². The van der Waals surface area contributed by atoms with E-state index in [2.05, 4.69) is 20.4 Å². The fourth-order valence-corrected chi connectivity index (χ4v) is 3.70. The van der Waals surface area contributed by atoms with Crippen LogP contribution in [0.5, 0.6) is 0 Å². The van der Waals surface area contributed by atoms with Crippen molar-refractivity contribution in [3.8, 4) is 5.69 Å². The first kappa shape index (κ1) is 17.4. The van der Waals surface area contributed by atoms with Crippen LogP contribution < -0.4 is 0 Å². The molecule has 4 rings (SSSR count). The maximum atomic E-state index is 13.1. The molecule has 0 saturated carbocycles. The maximum Gasteiger partial charge on any atom is 0.256 e. The Hall–Kier alpha value is -2.03. The standard InChI is InChI=1S/C17H21ClN6O2/c18-13-3-4-16(24-12-19-20-21-24)15(10-13)17(25)23-7-5-22(6-8-23)11-14-2-1-9-26-14/h3-4,10,12,14H,1-2,5-9,11H2. The van der Waals surface area contributed by atoms with Gasteiger partial charge in [0.05, 0.1) is 17.4 Å². The molecule has 0 N–H and O–H groups in total. The van der Waals surface area contributed by atoms with Crippen molar-refractivity contribution < 1.29 is 9.53 Å². The highest BCUT2D eigenvalue weighted by Crippen LogP contribution is 2.22. The minimum atomic E-state index is -0.0465. The molecule has 1 aromatic heterocycles. The normalized spacial score (nSPS) is 21.3. The van der Waals surface area contributed by atoms with Crippen LogP contribution in [0.4, 0.5) is 0 Å². The van der Waals surface area contributed by atoms with Gasteiger partial charge < -0.3 is 9.64 Å². The van der Waals surface area contributed by atoms with Crippen molar-refractivity contribution in [1.29, 1.82) is 0 Å². The van der Waals surface area contributed by atoms with Crippen LogP contribution in [-0.2, 0) is 4.74 Å². The van der Waals surface area contributed by atoms with Crippen LogP contribution in [0.25, 0.3) is 5.69 Å². The Bertz CT molecular complexity index is 755. The van der Waals surface area contributed by atoms with Crippen molar-refractivity contribution >= 4 is 17.5 Å². The van der Waals surface area contributed by atoms with E-state index in [9.17, 15) is 4.79 Å². The van der Waals surface area contributed by atoms with Gasteiger partial charge in [-0.2, -0.15) is 4.68 Å². The fourth-order valence-electron chi connectivity index (χ4n) is 3.53. The number of piperazine rings is 1. The van der Waals surface area contributed by atoms with Crippen LogP contribution >= 0.6 is 11.6 Å². The van der Waals surface area contributed by atoms with E-state index in [1.165, 1.54) is 11.0 Å². The summed E-state index contributed by atoms with van der Waals surface area (Å²) in [5, 5.41) is 11.7. The van der Waals surface area contributed by atoms with Gasteiger partial charge in [-0.3, -0.25) is 9.69 Å². The summed E-state index contributed by atoms with van der Waals surface area (Å²) >= 11 is 6.13. The molecule has 0 aliphatic carbocycles. The predicted octanol–water partition coefficient (Wildman–Crippen LogP) is 1.25. The summed E-state index contributed by atoms with van der Waals surface area (Å²) in [6.45, 7) is 4.91. The molecule has 2 fully saturated rings. The molecule has 0 spiro atoms. The molecule has 26 heavy (non-hydrogen) atoms. The van der Waals surface area contributed by atoms with E-state index in [1.54, 1.807) is 18.2 Å². The minimum absolute atomic E-state index is 0.0465. The lowest BCUT2D eigenvalue weighted by Crippen LogP contribution is -2.50. The number of rotatable bonds is 4. The predicted molar refractivity (Wildman–Crippen MR) is 95.5 cm³/mol. The number of nitrogens with zero attached hydrogens (tertiary/aromatic N) is 6. The van der Waals surface area contributed by atoms with E-state index in [0.717, 1.165) is 39.1 Å². The number of carbonyl (C=O) groups excluding carboxylic acids is 1. The molecule has 3 heterocycles. The van der Waals surface area contributed by atoms with E-state index in [4.69, 9.17) is 16.3 Å². The lowest BCUT2D eigenvalue weighted by molar-refractivity contribution is 0.0432. The topological polar surface area (TPSA) is 76.4 Å².